The Kier molecular flexibility index (Phi) is 3.89. The zero-order chi connectivity index (χ0) is 15.5. The minimum absolute atomic E-state index is 0.162. The van der Waals surface area contributed by atoms with Crippen molar-refractivity contribution in [3.63, 3.8) is 0 Å². The smallest absolute Gasteiger partial charge is 0.201 e. The number of nitrogens with one attached hydrogen (secondary N) is 1. The molecule has 0 unspecified atom stereocenters. The molecule has 0 aliphatic carbocycles. The van der Waals surface area contributed by atoms with Gasteiger partial charge in [-0.05, 0) is 36.4 Å². The quantitative estimate of drug-likeness (QED) is 0.457. The first kappa shape index (κ1) is 14.3. The van der Waals surface area contributed by atoms with Gasteiger partial charge in [-0.3, -0.25) is 14.8 Å². The van der Waals surface area contributed by atoms with Gasteiger partial charge in [-0.15, -0.1) is 0 Å². The molecule has 0 aliphatic heterocycles. The van der Waals surface area contributed by atoms with Crippen LogP contribution < -0.4 is 5.43 Å². The lowest BCUT2D eigenvalue weighted by atomic mass is 10.3. The van der Waals surface area contributed by atoms with Crippen LogP contribution in [-0.2, 0) is 4.79 Å². The molecular formula is C16H13ClN4O. The summed E-state index contributed by atoms with van der Waals surface area (Å²) in [7, 11) is 0. The first-order valence-electron chi connectivity index (χ1n) is 6.68. The summed E-state index contributed by atoms with van der Waals surface area (Å²) < 4.78 is 1.67. The van der Waals surface area contributed by atoms with E-state index in [4.69, 9.17) is 11.6 Å². The topological polar surface area (TPSA) is 59.3 Å². The zero-order valence-corrected chi connectivity index (χ0v) is 12.6. The first-order chi connectivity index (χ1) is 10.6. The minimum atomic E-state index is -0.162. The lowest BCUT2D eigenvalue weighted by molar-refractivity contribution is -0.111. The Balaban J connectivity index is 1.97. The third-order valence-electron chi connectivity index (χ3n) is 3.13. The highest BCUT2D eigenvalue weighted by atomic mass is 35.5. The van der Waals surface area contributed by atoms with Gasteiger partial charge >= 0.3 is 0 Å². The lowest BCUT2D eigenvalue weighted by Crippen LogP contribution is -2.21. The van der Waals surface area contributed by atoms with Gasteiger partial charge in [0.2, 0.25) is 5.84 Å². The van der Waals surface area contributed by atoms with E-state index in [-0.39, 0.29) is 11.6 Å². The highest BCUT2D eigenvalue weighted by Crippen LogP contribution is 2.15. The van der Waals surface area contributed by atoms with Gasteiger partial charge in [0.15, 0.2) is 5.78 Å². The molecule has 0 fully saturated rings. The predicted molar refractivity (Wildman–Crippen MR) is 88.3 cm³/mol. The normalized spacial score (nSPS) is 11.6. The van der Waals surface area contributed by atoms with Crippen molar-refractivity contribution in [2.24, 2.45) is 5.10 Å². The molecule has 0 atom stereocenters. The Morgan fingerprint density at radius 2 is 1.91 bits per heavy atom. The number of ketones is 1. The molecule has 3 aromatic rings. The number of hydrazone groups is 1. The van der Waals surface area contributed by atoms with Gasteiger partial charge in [-0.2, -0.15) is 5.10 Å². The van der Waals surface area contributed by atoms with Crippen molar-refractivity contribution < 1.29 is 4.79 Å². The van der Waals surface area contributed by atoms with Crippen LogP contribution in [-0.4, -0.2) is 21.2 Å². The maximum atomic E-state index is 11.9. The van der Waals surface area contributed by atoms with E-state index in [0.29, 0.717) is 5.02 Å². The third-order valence-corrected chi connectivity index (χ3v) is 3.38. The summed E-state index contributed by atoms with van der Waals surface area (Å²) in [5, 5.41) is 4.85. The molecule has 1 N–H and O–H groups in total. The molecule has 22 heavy (non-hydrogen) atoms. The molecular weight excluding hydrogens is 300 g/mol. The van der Waals surface area contributed by atoms with Crippen molar-refractivity contribution in [3.8, 4) is 0 Å². The van der Waals surface area contributed by atoms with Crippen molar-refractivity contribution >= 4 is 39.9 Å². The van der Waals surface area contributed by atoms with E-state index in [1.54, 1.807) is 35.2 Å². The number of halogens is 1. The van der Waals surface area contributed by atoms with E-state index in [2.05, 4.69) is 15.5 Å². The standard InChI is InChI=1S/C16H13ClN4O/c1-11(22)16(20-19-13-8-6-12(17)7-9-13)21-10-18-14-4-2-3-5-15(14)21/h2-10,19H,1H3/b20-16-. The summed E-state index contributed by atoms with van der Waals surface area (Å²) in [6, 6.07) is 14.6. The summed E-state index contributed by atoms with van der Waals surface area (Å²) in [6.07, 6.45) is 1.59. The number of fused-ring (bicyclic) bond motifs is 1. The Hall–Kier alpha value is -2.66. The fourth-order valence-electron chi connectivity index (χ4n) is 2.07. The predicted octanol–water partition coefficient (Wildman–Crippen LogP) is 3.55. The molecule has 110 valence electrons. The Morgan fingerprint density at radius 1 is 1.18 bits per heavy atom. The molecule has 0 spiro atoms. The number of carbonyl (C=O) groups is 1. The van der Waals surface area contributed by atoms with Crippen molar-refractivity contribution in [2.45, 2.75) is 6.92 Å². The van der Waals surface area contributed by atoms with Gasteiger partial charge in [0.25, 0.3) is 0 Å². The largest absolute Gasteiger partial charge is 0.291 e. The van der Waals surface area contributed by atoms with E-state index in [9.17, 15) is 4.79 Å². The SMILES string of the molecule is CC(=O)/C(=N/Nc1ccc(Cl)cc1)n1cnc2ccccc21. The van der Waals surface area contributed by atoms with Gasteiger partial charge < -0.3 is 0 Å². The molecule has 0 aliphatic rings. The van der Waals surface area contributed by atoms with E-state index >= 15 is 0 Å². The highest BCUT2D eigenvalue weighted by Gasteiger charge is 2.12. The Morgan fingerprint density at radius 3 is 2.64 bits per heavy atom. The number of benzene rings is 2. The maximum Gasteiger partial charge on any atom is 0.201 e. The van der Waals surface area contributed by atoms with Crippen LogP contribution in [0, 0.1) is 0 Å². The molecule has 1 heterocycles. The van der Waals surface area contributed by atoms with Crippen LogP contribution in [0.2, 0.25) is 5.02 Å². The molecule has 5 nitrogen and oxygen atoms in total. The molecule has 0 radical (unpaired) electrons. The second-order valence-corrected chi connectivity index (χ2v) is 5.15. The number of nitrogens with zero attached hydrogens (tertiary/aromatic N) is 3. The second kappa shape index (κ2) is 5.99. The number of hydrogen-bond donors (Lipinski definition) is 1. The molecule has 0 saturated carbocycles. The Labute approximate surface area is 132 Å². The number of aromatic nitrogens is 2. The second-order valence-electron chi connectivity index (χ2n) is 4.71. The van der Waals surface area contributed by atoms with Crippen molar-refractivity contribution in [1.82, 2.24) is 9.55 Å². The average Bonchev–Trinajstić information content (AvgIpc) is 2.93. The summed E-state index contributed by atoms with van der Waals surface area (Å²) >= 11 is 5.84. The molecule has 0 amide bonds. The number of para-hydroxylation sites is 2. The molecule has 6 heteroatoms. The summed E-state index contributed by atoms with van der Waals surface area (Å²) in [5.41, 5.74) is 5.25. The molecule has 0 bridgehead atoms. The zero-order valence-electron chi connectivity index (χ0n) is 11.8. The first-order valence-corrected chi connectivity index (χ1v) is 7.05. The van der Waals surface area contributed by atoms with Crippen LogP contribution in [0.1, 0.15) is 6.92 Å². The van der Waals surface area contributed by atoms with Crippen LogP contribution in [0.25, 0.3) is 11.0 Å². The van der Waals surface area contributed by atoms with Crippen molar-refractivity contribution in [3.05, 3.63) is 59.9 Å². The summed E-state index contributed by atoms with van der Waals surface area (Å²) in [6.45, 7) is 1.47. The van der Waals surface area contributed by atoms with Crippen molar-refractivity contribution in [1.29, 1.82) is 0 Å². The van der Waals surface area contributed by atoms with Crippen molar-refractivity contribution in [2.75, 3.05) is 5.43 Å². The molecule has 0 saturated heterocycles. The van der Waals surface area contributed by atoms with Crippen LogP contribution in [0.4, 0.5) is 5.69 Å². The number of Topliss-reactive ketones (excluding diaryl/α,β-unsaturated/α-hetero) is 1. The van der Waals surface area contributed by atoms with Crippen LogP contribution in [0.15, 0.2) is 60.0 Å². The van der Waals surface area contributed by atoms with Gasteiger partial charge in [0.1, 0.15) is 6.33 Å². The van der Waals surface area contributed by atoms with Gasteiger partial charge in [-0.25, -0.2) is 4.98 Å². The highest BCUT2D eigenvalue weighted by molar-refractivity contribution is 6.39. The fourth-order valence-corrected chi connectivity index (χ4v) is 2.20. The van der Waals surface area contributed by atoms with Crippen LogP contribution in [0.3, 0.4) is 0 Å². The molecule has 3 rings (SSSR count). The van der Waals surface area contributed by atoms with E-state index in [1.807, 2.05) is 24.3 Å². The molecule has 1 aromatic heterocycles. The average molecular weight is 313 g/mol. The summed E-state index contributed by atoms with van der Waals surface area (Å²) in [5.74, 6) is 0.105. The monoisotopic (exact) mass is 312 g/mol. The third kappa shape index (κ3) is 2.84. The van der Waals surface area contributed by atoms with Gasteiger partial charge in [-0.1, -0.05) is 23.7 Å². The number of imidazole rings is 1. The van der Waals surface area contributed by atoms with Crippen LogP contribution in [0.5, 0.6) is 0 Å². The Bertz CT molecular complexity index is 852. The number of hydrogen-bond acceptors (Lipinski definition) is 4. The van der Waals surface area contributed by atoms with Crippen LogP contribution >= 0.6 is 11.6 Å². The fraction of sp³-hybridized carbons (Fsp3) is 0.0625. The summed E-state index contributed by atoms with van der Waals surface area (Å²) in [4.78, 5) is 16.2. The lowest BCUT2D eigenvalue weighted by Gasteiger charge is -2.07. The van der Waals surface area contributed by atoms with E-state index < -0.39 is 0 Å². The van der Waals surface area contributed by atoms with Gasteiger partial charge in [0.05, 0.1) is 16.7 Å². The number of carbonyl (C=O) groups excluding carboxylic acids is 1. The van der Waals surface area contributed by atoms with E-state index in [1.165, 1.54) is 6.92 Å². The van der Waals surface area contributed by atoms with E-state index in [0.717, 1.165) is 16.7 Å². The van der Waals surface area contributed by atoms with Gasteiger partial charge in [0, 0.05) is 11.9 Å². The minimum Gasteiger partial charge on any atom is -0.291 e. The number of rotatable bonds is 3. The maximum absolute atomic E-state index is 11.9. The number of anilines is 1. The molecule has 2 aromatic carbocycles.